The molecular weight excluding hydrogens is 160 g/mol. The van der Waals surface area contributed by atoms with Crippen LogP contribution in [-0.2, 0) is 0 Å². The number of aliphatic hydroxyl groups excluding tert-OH is 1. The van der Waals surface area contributed by atoms with Crippen LogP contribution in [0.5, 0.6) is 0 Å². The van der Waals surface area contributed by atoms with Gasteiger partial charge in [-0.15, -0.1) is 6.58 Å². The molecule has 0 aliphatic carbocycles. The molecule has 0 spiro atoms. The molecule has 1 heteroatoms. The van der Waals surface area contributed by atoms with E-state index >= 15 is 0 Å². The van der Waals surface area contributed by atoms with Gasteiger partial charge < -0.3 is 5.11 Å². The van der Waals surface area contributed by atoms with Gasteiger partial charge in [0.05, 0.1) is 0 Å². The quantitative estimate of drug-likeness (QED) is 0.600. The normalized spacial score (nSPS) is 15.4. The maximum Gasteiger partial charge on any atom is 0.0484 e. The van der Waals surface area contributed by atoms with Crippen molar-refractivity contribution in [2.24, 2.45) is 5.41 Å². The Balaban J connectivity index is 3.76. The van der Waals surface area contributed by atoms with Crippen molar-refractivity contribution in [2.75, 3.05) is 6.61 Å². The fourth-order valence-corrected chi connectivity index (χ4v) is 1.70. The Morgan fingerprint density at radius 1 is 1.38 bits per heavy atom. The van der Waals surface area contributed by atoms with Crippen LogP contribution in [0, 0.1) is 5.41 Å². The third-order valence-electron chi connectivity index (χ3n) is 2.62. The predicted octanol–water partition coefficient (Wildman–Crippen LogP) is 3.53. The van der Waals surface area contributed by atoms with E-state index in [1.807, 2.05) is 0 Å². The molecule has 0 aromatic rings. The van der Waals surface area contributed by atoms with E-state index in [4.69, 9.17) is 0 Å². The van der Waals surface area contributed by atoms with Crippen molar-refractivity contribution in [1.82, 2.24) is 0 Å². The lowest BCUT2D eigenvalue weighted by molar-refractivity contribution is 0.120. The van der Waals surface area contributed by atoms with E-state index in [1.165, 1.54) is 5.57 Å². The van der Waals surface area contributed by atoms with Gasteiger partial charge in [-0.1, -0.05) is 25.8 Å². The lowest BCUT2D eigenvalue weighted by Gasteiger charge is -2.26. The van der Waals surface area contributed by atoms with Crippen molar-refractivity contribution in [3.63, 3.8) is 0 Å². The Morgan fingerprint density at radius 2 is 2.00 bits per heavy atom. The minimum atomic E-state index is 0.143. The van der Waals surface area contributed by atoms with Gasteiger partial charge in [0.1, 0.15) is 0 Å². The Bertz CT molecular complexity index is 151. The van der Waals surface area contributed by atoms with Crippen molar-refractivity contribution < 1.29 is 5.11 Å². The second-order valence-electron chi connectivity index (χ2n) is 4.53. The third-order valence-corrected chi connectivity index (χ3v) is 2.62. The maximum atomic E-state index is 9.26. The summed E-state index contributed by atoms with van der Waals surface area (Å²) in [4.78, 5) is 0. The average molecular weight is 184 g/mol. The van der Waals surface area contributed by atoms with Gasteiger partial charge in [0.25, 0.3) is 0 Å². The van der Waals surface area contributed by atoms with Gasteiger partial charge in [0, 0.05) is 6.61 Å². The molecule has 78 valence electrons. The molecule has 1 N–H and O–H groups in total. The molecule has 0 saturated heterocycles. The molecule has 0 fully saturated rings. The number of hydrogen-bond donors (Lipinski definition) is 1. The first-order valence-electron chi connectivity index (χ1n) is 5.29. The highest BCUT2D eigenvalue weighted by Crippen LogP contribution is 2.29. The highest BCUT2D eigenvalue weighted by atomic mass is 16.3. The highest BCUT2D eigenvalue weighted by molar-refractivity contribution is 4.88. The zero-order valence-corrected chi connectivity index (χ0v) is 9.40. The molecular formula is C12H24O. The number of hydrogen-bond acceptors (Lipinski definition) is 1. The fourth-order valence-electron chi connectivity index (χ4n) is 1.70. The van der Waals surface area contributed by atoms with Crippen LogP contribution in [-0.4, -0.2) is 11.7 Å². The van der Waals surface area contributed by atoms with Crippen molar-refractivity contribution in [3.8, 4) is 0 Å². The zero-order valence-electron chi connectivity index (χ0n) is 9.40. The van der Waals surface area contributed by atoms with Crippen molar-refractivity contribution >= 4 is 0 Å². The monoisotopic (exact) mass is 184 g/mol. The smallest absolute Gasteiger partial charge is 0.0484 e. The van der Waals surface area contributed by atoms with Crippen molar-refractivity contribution in [3.05, 3.63) is 12.2 Å². The van der Waals surface area contributed by atoms with Gasteiger partial charge in [0.15, 0.2) is 0 Å². The first kappa shape index (κ1) is 12.7. The molecule has 0 aromatic heterocycles. The van der Waals surface area contributed by atoms with E-state index in [9.17, 15) is 5.11 Å². The van der Waals surface area contributed by atoms with Crippen LogP contribution in [0.3, 0.4) is 0 Å². The first-order chi connectivity index (χ1) is 6.04. The van der Waals surface area contributed by atoms with Crippen molar-refractivity contribution in [2.45, 2.75) is 52.9 Å². The Morgan fingerprint density at radius 3 is 2.38 bits per heavy atom. The standard InChI is InChI=1S/C12H24O/c1-5-8-12(4,10-13)9-6-7-11(2)3/h13H,2,5-10H2,1,3-4H3. The van der Waals surface area contributed by atoms with Gasteiger partial charge in [-0.2, -0.15) is 0 Å². The van der Waals surface area contributed by atoms with Crippen LogP contribution in [0.25, 0.3) is 0 Å². The molecule has 1 unspecified atom stereocenters. The van der Waals surface area contributed by atoms with Crippen LogP contribution in [0.1, 0.15) is 52.9 Å². The molecule has 13 heavy (non-hydrogen) atoms. The third kappa shape index (κ3) is 5.87. The molecule has 1 nitrogen and oxygen atoms in total. The van der Waals surface area contributed by atoms with Crippen LogP contribution in [0.4, 0.5) is 0 Å². The van der Waals surface area contributed by atoms with E-state index in [0.717, 1.165) is 32.1 Å². The summed E-state index contributed by atoms with van der Waals surface area (Å²) in [5.74, 6) is 0. The van der Waals surface area contributed by atoms with E-state index in [2.05, 4.69) is 27.4 Å². The molecule has 1 atom stereocenters. The average Bonchev–Trinajstić information content (AvgIpc) is 2.04. The molecule has 0 aliphatic heterocycles. The van der Waals surface area contributed by atoms with Gasteiger partial charge in [0.2, 0.25) is 0 Å². The minimum Gasteiger partial charge on any atom is -0.396 e. The topological polar surface area (TPSA) is 20.2 Å². The van der Waals surface area contributed by atoms with Crippen LogP contribution < -0.4 is 0 Å². The second-order valence-corrected chi connectivity index (χ2v) is 4.53. The van der Waals surface area contributed by atoms with Gasteiger partial charge in [-0.25, -0.2) is 0 Å². The Kier molecular flexibility index (Phi) is 6.06. The fraction of sp³-hybridized carbons (Fsp3) is 0.833. The van der Waals surface area contributed by atoms with Crippen LogP contribution >= 0.6 is 0 Å². The molecule has 0 heterocycles. The molecule has 0 bridgehead atoms. The van der Waals surface area contributed by atoms with Crippen molar-refractivity contribution in [1.29, 1.82) is 0 Å². The first-order valence-corrected chi connectivity index (χ1v) is 5.29. The SMILES string of the molecule is C=C(C)CCCC(C)(CO)CCC. The maximum absolute atomic E-state index is 9.26. The molecule has 0 rings (SSSR count). The van der Waals surface area contributed by atoms with E-state index in [0.29, 0.717) is 6.61 Å². The minimum absolute atomic E-state index is 0.143. The van der Waals surface area contributed by atoms with E-state index in [-0.39, 0.29) is 5.41 Å². The lowest BCUT2D eigenvalue weighted by Crippen LogP contribution is -2.20. The zero-order chi connectivity index (χ0) is 10.3. The summed E-state index contributed by atoms with van der Waals surface area (Å²) in [6, 6.07) is 0. The molecule has 0 aliphatic rings. The summed E-state index contributed by atoms with van der Waals surface area (Å²) in [5, 5.41) is 9.26. The van der Waals surface area contributed by atoms with Gasteiger partial charge in [-0.05, 0) is 38.0 Å². The predicted molar refractivity (Wildman–Crippen MR) is 58.8 cm³/mol. The second kappa shape index (κ2) is 6.20. The Hall–Kier alpha value is -0.300. The molecule has 0 aromatic carbocycles. The number of aliphatic hydroxyl groups is 1. The summed E-state index contributed by atoms with van der Waals surface area (Å²) in [6.45, 7) is 10.6. The van der Waals surface area contributed by atoms with E-state index in [1.54, 1.807) is 0 Å². The summed E-state index contributed by atoms with van der Waals surface area (Å²) in [7, 11) is 0. The molecule has 0 radical (unpaired) electrons. The van der Waals surface area contributed by atoms with Gasteiger partial charge in [-0.3, -0.25) is 0 Å². The lowest BCUT2D eigenvalue weighted by atomic mass is 9.81. The van der Waals surface area contributed by atoms with Crippen LogP contribution in [0.2, 0.25) is 0 Å². The highest BCUT2D eigenvalue weighted by Gasteiger charge is 2.21. The Labute approximate surface area is 82.9 Å². The molecule has 0 saturated carbocycles. The van der Waals surface area contributed by atoms with E-state index < -0.39 is 0 Å². The largest absolute Gasteiger partial charge is 0.396 e. The molecule has 0 amide bonds. The summed E-state index contributed by atoms with van der Waals surface area (Å²) in [6.07, 6.45) is 5.65. The summed E-state index contributed by atoms with van der Waals surface area (Å²) in [5.41, 5.74) is 1.39. The van der Waals surface area contributed by atoms with Crippen LogP contribution in [0.15, 0.2) is 12.2 Å². The van der Waals surface area contributed by atoms with Gasteiger partial charge >= 0.3 is 0 Å². The summed E-state index contributed by atoms with van der Waals surface area (Å²) < 4.78 is 0. The number of allylic oxidation sites excluding steroid dienone is 1. The number of rotatable bonds is 7. The summed E-state index contributed by atoms with van der Waals surface area (Å²) >= 11 is 0.